The predicted molar refractivity (Wildman–Crippen MR) is 50.3 cm³/mol. The number of hydrogen-bond donors (Lipinski definition) is 2. The summed E-state index contributed by atoms with van der Waals surface area (Å²) in [5.74, 6) is 0. The lowest BCUT2D eigenvalue weighted by molar-refractivity contribution is 0.509. The zero-order valence-electron chi connectivity index (χ0n) is 7.47. The van der Waals surface area contributed by atoms with Crippen molar-refractivity contribution in [1.82, 2.24) is 0 Å². The van der Waals surface area contributed by atoms with E-state index >= 15 is 0 Å². The van der Waals surface area contributed by atoms with E-state index in [0.717, 1.165) is 6.54 Å². The van der Waals surface area contributed by atoms with Gasteiger partial charge in [-0.15, -0.1) is 0 Å². The second-order valence-electron chi connectivity index (χ2n) is 2.37. The molecule has 0 saturated heterocycles. The van der Waals surface area contributed by atoms with Gasteiger partial charge in [-0.05, 0) is 13.0 Å². The molecule has 0 aliphatic rings. The Bertz CT molecular complexity index is 80.5. The third-order valence-electron chi connectivity index (χ3n) is 1.06. The normalized spacial score (nSPS) is 11.6. The molecular formula is C7H20NO2P. The smallest absolute Gasteiger partial charge is 0.186 e. The Morgan fingerprint density at radius 2 is 1.82 bits per heavy atom. The van der Waals surface area contributed by atoms with Crippen molar-refractivity contribution in [2.24, 2.45) is 5.73 Å². The molecule has 3 nitrogen and oxygen atoms in total. The van der Waals surface area contributed by atoms with Crippen LogP contribution in [-0.4, -0.2) is 18.1 Å². The van der Waals surface area contributed by atoms with E-state index in [9.17, 15) is 4.57 Å². The molecule has 0 rings (SSSR count). The maximum absolute atomic E-state index is 9.19. The monoisotopic (exact) mass is 181 g/mol. The Morgan fingerprint density at radius 1 is 1.36 bits per heavy atom. The van der Waals surface area contributed by atoms with E-state index in [2.05, 4.69) is 6.92 Å². The van der Waals surface area contributed by atoms with Gasteiger partial charge in [0.25, 0.3) is 0 Å². The molecule has 1 atom stereocenters. The van der Waals surface area contributed by atoms with Crippen LogP contribution in [0.5, 0.6) is 0 Å². The maximum Gasteiger partial charge on any atom is 0.186 e. The van der Waals surface area contributed by atoms with Gasteiger partial charge in [-0.1, -0.05) is 26.2 Å². The van der Waals surface area contributed by atoms with Crippen LogP contribution >= 0.6 is 8.03 Å². The molecular weight excluding hydrogens is 161 g/mol. The predicted octanol–water partition coefficient (Wildman–Crippen LogP) is 1.61. The molecule has 0 aliphatic carbocycles. The first-order valence-electron chi connectivity index (χ1n) is 4.04. The first-order valence-corrected chi connectivity index (χ1v) is 5.90. The summed E-state index contributed by atoms with van der Waals surface area (Å²) in [4.78, 5) is 7.60. The largest absolute Gasteiger partial charge is 0.346 e. The molecule has 4 heteroatoms. The van der Waals surface area contributed by atoms with E-state index in [1.807, 2.05) is 0 Å². The van der Waals surface area contributed by atoms with Crippen LogP contribution in [0.1, 0.15) is 32.6 Å². The summed E-state index contributed by atoms with van der Waals surface area (Å²) in [6.45, 7) is 4.33. The van der Waals surface area contributed by atoms with Gasteiger partial charge in [0.1, 0.15) is 0 Å². The summed E-state index contributed by atoms with van der Waals surface area (Å²) < 4.78 is 9.19. The summed E-state index contributed by atoms with van der Waals surface area (Å²) in [7, 11) is -2.13. The molecule has 1 unspecified atom stereocenters. The molecule has 0 aliphatic heterocycles. The fourth-order valence-electron chi connectivity index (χ4n) is 0.571. The van der Waals surface area contributed by atoms with Crippen molar-refractivity contribution in [1.29, 1.82) is 0 Å². The van der Waals surface area contributed by atoms with Gasteiger partial charge in [0.2, 0.25) is 0 Å². The van der Waals surface area contributed by atoms with E-state index in [1.54, 1.807) is 0 Å². The van der Waals surface area contributed by atoms with Gasteiger partial charge in [0.15, 0.2) is 8.03 Å². The van der Waals surface area contributed by atoms with Gasteiger partial charge in [0, 0.05) is 6.66 Å². The Labute approximate surface area is 69.9 Å². The van der Waals surface area contributed by atoms with Crippen LogP contribution in [0.2, 0.25) is 0 Å². The van der Waals surface area contributed by atoms with E-state index in [-0.39, 0.29) is 0 Å². The van der Waals surface area contributed by atoms with Crippen LogP contribution < -0.4 is 5.73 Å². The van der Waals surface area contributed by atoms with Crippen LogP contribution in [0.4, 0.5) is 0 Å². The minimum atomic E-state index is -2.13. The summed E-state index contributed by atoms with van der Waals surface area (Å²) >= 11 is 0. The highest BCUT2D eigenvalue weighted by Gasteiger charge is 1.80. The molecule has 70 valence electrons. The first kappa shape index (κ1) is 13.7. The average molecular weight is 181 g/mol. The second kappa shape index (κ2) is 12.8. The molecule has 0 aromatic carbocycles. The topological polar surface area (TPSA) is 63.3 Å². The lowest BCUT2D eigenvalue weighted by Gasteiger charge is -1.90. The van der Waals surface area contributed by atoms with Gasteiger partial charge < -0.3 is 10.6 Å². The van der Waals surface area contributed by atoms with Crippen LogP contribution in [0, 0.1) is 0 Å². The van der Waals surface area contributed by atoms with Crippen LogP contribution in [0.3, 0.4) is 0 Å². The first-order chi connectivity index (χ1) is 5.15. The van der Waals surface area contributed by atoms with E-state index < -0.39 is 8.03 Å². The van der Waals surface area contributed by atoms with Crippen molar-refractivity contribution in [3.8, 4) is 0 Å². The fourth-order valence-corrected chi connectivity index (χ4v) is 0.571. The molecule has 0 amide bonds. The Morgan fingerprint density at radius 3 is 2.09 bits per heavy atom. The van der Waals surface area contributed by atoms with Crippen molar-refractivity contribution in [2.75, 3.05) is 13.2 Å². The quantitative estimate of drug-likeness (QED) is 0.511. The highest BCUT2D eigenvalue weighted by Crippen LogP contribution is 1.99. The van der Waals surface area contributed by atoms with E-state index in [0.29, 0.717) is 0 Å². The van der Waals surface area contributed by atoms with Gasteiger partial charge in [0.05, 0.1) is 0 Å². The van der Waals surface area contributed by atoms with Gasteiger partial charge in [-0.25, -0.2) is 0 Å². The molecule has 0 spiro atoms. The van der Waals surface area contributed by atoms with Crippen LogP contribution in [-0.2, 0) is 4.57 Å². The molecule has 0 aromatic rings. The van der Waals surface area contributed by atoms with Gasteiger partial charge in [-0.2, -0.15) is 0 Å². The number of nitrogens with two attached hydrogens (primary N) is 1. The van der Waals surface area contributed by atoms with Crippen molar-refractivity contribution >= 4 is 8.03 Å². The standard InChI is InChI=1S/C6H15N.CH5O2P/c1-2-3-4-5-6-7;1-4(2)3/h2-7H2,1H3;4H,1H3,(H,2,3). The third-order valence-corrected chi connectivity index (χ3v) is 1.06. The Hall–Kier alpha value is 0.150. The molecule has 0 fully saturated rings. The Kier molecular flexibility index (Phi) is 16.0. The van der Waals surface area contributed by atoms with Crippen molar-refractivity contribution in [3.63, 3.8) is 0 Å². The summed E-state index contributed by atoms with van der Waals surface area (Å²) in [6, 6.07) is 0. The minimum absolute atomic E-state index is 0.861. The summed E-state index contributed by atoms with van der Waals surface area (Å²) in [6.07, 6.45) is 5.16. The zero-order valence-corrected chi connectivity index (χ0v) is 8.47. The SMILES string of the molecule is CCCCCCN.C[PH](=O)O. The minimum Gasteiger partial charge on any atom is -0.346 e. The van der Waals surface area contributed by atoms with Crippen LogP contribution in [0.15, 0.2) is 0 Å². The van der Waals surface area contributed by atoms with E-state index in [1.165, 1.54) is 32.3 Å². The summed E-state index contributed by atoms with van der Waals surface area (Å²) in [5, 5.41) is 0. The molecule has 0 radical (unpaired) electrons. The molecule has 3 N–H and O–H groups in total. The number of unbranched alkanes of at least 4 members (excludes halogenated alkanes) is 3. The lowest BCUT2D eigenvalue weighted by atomic mass is 10.2. The fraction of sp³-hybridized carbons (Fsp3) is 1.00. The highest BCUT2D eigenvalue weighted by molar-refractivity contribution is 7.36. The van der Waals surface area contributed by atoms with E-state index in [4.69, 9.17) is 10.6 Å². The van der Waals surface area contributed by atoms with Gasteiger partial charge >= 0.3 is 0 Å². The van der Waals surface area contributed by atoms with Crippen LogP contribution in [0.25, 0.3) is 0 Å². The van der Waals surface area contributed by atoms with Crippen molar-refractivity contribution in [3.05, 3.63) is 0 Å². The molecule has 0 saturated carbocycles. The molecule has 0 bridgehead atoms. The molecule has 11 heavy (non-hydrogen) atoms. The average Bonchev–Trinajstić information content (AvgIpc) is 1.88. The van der Waals surface area contributed by atoms with Gasteiger partial charge in [-0.3, -0.25) is 4.57 Å². The highest BCUT2D eigenvalue weighted by atomic mass is 31.1. The summed E-state index contributed by atoms with van der Waals surface area (Å²) in [5.41, 5.74) is 5.27. The maximum atomic E-state index is 9.19. The zero-order chi connectivity index (χ0) is 9.11. The lowest BCUT2D eigenvalue weighted by Crippen LogP contribution is -1.97. The molecule has 0 heterocycles. The number of hydrogen-bond acceptors (Lipinski definition) is 2. The molecule has 0 aromatic heterocycles. The van der Waals surface area contributed by atoms with Crippen molar-refractivity contribution in [2.45, 2.75) is 32.6 Å². The second-order valence-corrected chi connectivity index (χ2v) is 3.41. The third kappa shape index (κ3) is 39.1. The van der Waals surface area contributed by atoms with Crippen molar-refractivity contribution < 1.29 is 9.46 Å². The number of rotatable bonds is 4. The Balaban J connectivity index is 0.